The van der Waals surface area contributed by atoms with Gasteiger partial charge in [0.05, 0.1) is 0 Å². The van der Waals surface area contributed by atoms with Crippen LogP contribution in [0.5, 0.6) is 0 Å². The lowest BCUT2D eigenvalue weighted by atomic mass is 10.0. The average molecular weight is 266 g/mol. The van der Waals surface area contributed by atoms with Crippen LogP contribution in [0.15, 0.2) is 60.9 Å². The number of aromatic nitrogens is 1. The van der Waals surface area contributed by atoms with Gasteiger partial charge in [-0.3, -0.25) is 4.98 Å². The van der Waals surface area contributed by atoms with E-state index in [0.717, 1.165) is 0 Å². The Morgan fingerprint density at radius 1 is 0.947 bits per heavy atom. The van der Waals surface area contributed by atoms with Gasteiger partial charge in [0.2, 0.25) is 0 Å². The van der Waals surface area contributed by atoms with Crippen LogP contribution in [0.25, 0.3) is 21.6 Å². The normalized spacial score (nSPS) is 10.6. The summed E-state index contributed by atoms with van der Waals surface area (Å²) in [4.78, 5) is 6.67. The standard InChI is InChI=1S/C16H14N2S/c17-10-13-6-7-16(19-13)15-11-18-9-8-14(15)12-4-2-1-3-5-12/h1-9,11H,10,17H2. The summed E-state index contributed by atoms with van der Waals surface area (Å²) in [6, 6.07) is 16.7. The van der Waals surface area contributed by atoms with E-state index in [1.807, 2.05) is 18.5 Å². The molecule has 0 atom stereocenters. The van der Waals surface area contributed by atoms with Crippen molar-refractivity contribution in [2.75, 3.05) is 0 Å². The third-order valence-corrected chi connectivity index (χ3v) is 4.18. The molecule has 2 N–H and O–H groups in total. The molecule has 0 bridgehead atoms. The molecular formula is C16H14N2S. The van der Waals surface area contributed by atoms with Crippen LogP contribution in [0.4, 0.5) is 0 Å². The summed E-state index contributed by atoms with van der Waals surface area (Å²) in [5.41, 5.74) is 9.27. The van der Waals surface area contributed by atoms with Crippen molar-refractivity contribution in [2.24, 2.45) is 5.73 Å². The van der Waals surface area contributed by atoms with Gasteiger partial charge >= 0.3 is 0 Å². The molecule has 0 aliphatic rings. The molecule has 0 unspecified atom stereocenters. The fourth-order valence-electron chi connectivity index (χ4n) is 2.09. The first-order valence-corrected chi connectivity index (χ1v) is 6.98. The molecule has 94 valence electrons. The van der Waals surface area contributed by atoms with Crippen LogP contribution in [0, 0.1) is 0 Å². The van der Waals surface area contributed by atoms with Crippen LogP contribution in [0.3, 0.4) is 0 Å². The number of hydrogen-bond acceptors (Lipinski definition) is 3. The van der Waals surface area contributed by atoms with E-state index in [4.69, 9.17) is 5.73 Å². The van der Waals surface area contributed by atoms with E-state index >= 15 is 0 Å². The molecule has 2 nitrogen and oxygen atoms in total. The van der Waals surface area contributed by atoms with Crippen molar-refractivity contribution in [3.05, 3.63) is 65.8 Å². The minimum absolute atomic E-state index is 0.589. The van der Waals surface area contributed by atoms with Gasteiger partial charge in [-0.2, -0.15) is 0 Å². The molecule has 0 radical (unpaired) electrons. The van der Waals surface area contributed by atoms with Gasteiger partial charge in [0.1, 0.15) is 0 Å². The number of hydrogen-bond donors (Lipinski definition) is 1. The second-order valence-electron chi connectivity index (χ2n) is 4.26. The van der Waals surface area contributed by atoms with Crippen molar-refractivity contribution in [3.8, 4) is 21.6 Å². The third-order valence-electron chi connectivity index (χ3n) is 3.03. The molecule has 3 heteroatoms. The summed E-state index contributed by atoms with van der Waals surface area (Å²) in [6.45, 7) is 0.589. The molecule has 3 aromatic rings. The zero-order chi connectivity index (χ0) is 13.1. The minimum atomic E-state index is 0.589. The minimum Gasteiger partial charge on any atom is -0.326 e. The summed E-state index contributed by atoms with van der Waals surface area (Å²) >= 11 is 1.73. The lowest BCUT2D eigenvalue weighted by Crippen LogP contribution is -1.91. The maximum atomic E-state index is 5.69. The maximum Gasteiger partial charge on any atom is 0.0367 e. The number of rotatable bonds is 3. The first kappa shape index (κ1) is 12.1. The Morgan fingerprint density at radius 3 is 2.53 bits per heavy atom. The van der Waals surface area contributed by atoms with Crippen LogP contribution >= 0.6 is 11.3 Å². The van der Waals surface area contributed by atoms with Gasteiger partial charge in [0, 0.05) is 34.3 Å². The van der Waals surface area contributed by atoms with Crippen LogP contribution in [-0.2, 0) is 6.54 Å². The second-order valence-corrected chi connectivity index (χ2v) is 5.43. The first-order chi connectivity index (χ1) is 9.38. The molecule has 19 heavy (non-hydrogen) atoms. The SMILES string of the molecule is NCc1ccc(-c2cnccc2-c2ccccc2)s1. The molecule has 2 aromatic heterocycles. The Hall–Kier alpha value is -1.97. The molecule has 0 spiro atoms. The lowest BCUT2D eigenvalue weighted by molar-refractivity contribution is 1.11. The quantitative estimate of drug-likeness (QED) is 0.780. The van der Waals surface area contributed by atoms with Gasteiger partial charge in [0.25, 0.3) is 0 Å². The fraction of sp³-hybridized carbons (Fsp3) is 0.0625. The monoisotopic (exact) mass is 266 g/mol. The van der Waals surface area contributed by atoms with Crippen molar-refractivity contribution < 1.29 is 0 Å². The van der Waals surface area contributed by atoms with Crippen molar-refractivity contribution in [1.82, 2.24) is 4.98 Å². The van der Waals surface area contributed by atoms with E-state index in [2.05, 4.69) is 47.4 Å². The van der Waals surface area contributed by atoms with Gasteiger partial charge in [0.15, 0.2) is 0 Å². The number of nitrogens with zero attached hydrogens (tertiary/aromatic N) is 1. The number of benzene rings is 1. The Labute approximate surface area is 116 Å². The highest BCUT2D eigenvalue weighted by Gasteiger charge is 2.09. The van der Waals surface area contributed by atoms with E-state index in [9.17, 15) is 0 Å². The first-order valence-electron chi connectivity index (χ1n) is 6.17. The van der Waals surface area contributed by atoms with E-state index in [1.165, 1.54) is 26.4 Å². The summed E-state index contributed by atoms with van der Waals surface area (Å²) in [7, 11) is 0. The van der Waals surface area contributed by atoms with Crippen molar-refractivity contribution >= 4 is 11.3 Å². The Bertz CT molecular complexity index is 674. The molecule has 0 aliphatic carbocycles. The van der Waals surface area contributed by atoms with Crippen molar-refractivity contribution in [3.63, 3.8) is 0 Å². The zero-order valence-corrected chi connectivity index (χ0v) is 11.2. The Morgan fingerprint density at radius 2 is 1.79 bits per heavy atom. The summed E-state index contributed by atoms with van der Waals surface area (Å²) < 4.78 is 0. The molecule has 0 amide bonds. The lowest BCUT2D eigenvalue weighted by Gasteiger charge is -2.07. The summed E-state index contributed by atoms with van der Waals surface area (Å²) in [5, 5.41) is 0. The molecule has 3 rings (SSSR count). The van der Waals surface area contributed by atoms with E-state index in [0.29, 0.717) is 6.54 Å². The van der Waals surface area contributed by atoms with E-state index in [1.54, 1.807) is 11.3 Å². The molecule has 2 heterocycles. The molecular weight excluding hydrogens is 252 g/mol. The predicted octanol–water partition coefficient (Wildman–Crippen LogP) is 3.94. The van der Waals surface area contributed by atoms with Crippen molar-refractivity contribution in [1.29, 1.82) is 0 Å². The largest absolute Gasteiger partial charge is 0.326 e. The highest BCUT2D eigenvalue weighted by Crippen LogP contribution is 2.35. The average Bonchev–Trinajstić information content (AvgIpc) is 2.97. The number of pyridine rings is 1. The third kappa shape index (κ3) is 2.43. The maximum absolute atomic E-state index is 5.69. The van der Waals surface area contributed by atoms with Gasteiger partial charge in [-0.25, -0.2) is 0 Å². The Kier molecular flexibility index (Phi) is 3.40. The smallest absolute Gasteiger partial charge is 0.0367 e. The molecule has 1 aromatic carbocycles. The molecule has 0 fully saturated rings. The fourth-order valence-corrected chi connectivity index (χ4v) is 3.00. The van der Waals surface area contributed by atoms with Gasteiger partial charge in [-0.15, -0.1) is 11.3 Å². The highest BCUT2D eigenvalue weighted by atomic mass is 32.1. The molecule has 0 aliphatic heterocycles. The highest BCUT2D eigenvalue weighted by molar-refractivity contribution is 7.15. The van der Waals surface area contributed by atoms with Crippen LogP contribution in [-0.4, -0.2) is 4.98 Å². The number of thiophene rings is 1. The van der Waals surface area contributed by atoms with E-state index in [-0.39, 0.29) is 0 Å². The van der Waals surface area contributed by atoms with Gasteiger partial charge in [-0.05, 0) is 29.3 Å². The van der Waals surface area contributed by atoms with E-state index < -0.39 is 0 Å². The summed E-state index contributed by atoms with van der Waals surface area (Å²) in [6.07, 6.45) is 3.76. The van der Waals surface area contributed by atoms with Gasteiger partial charge < -0.3 is 5.73 Å². The van der Waals surface area contributed by atoms with Crippen LogP contribution in [0.1, 0.15) is 4.88 Å². The topological polar surface area (TPSA) is 38.9 Å². The summed E-state index contributed by atoms with van der Waals surface area (Å²) in [5.74, 6) is 0. The predicted molar refractivity (Wildman–Crippen MR) is 80.9 cm³/mol. The zero-order valence-electron chi connectivity index (χ0n) is 10.4. The molecule has 0 saturated carbocycles. The second kappa shape index (κ2) is 5.34. The van der Waals surface area contributed by atoms with Gasteiger partial charge in [-0.1, -0.05) is 30.3 Å². The Balaban J connectivity index is 2.12. The molecule has 0 saturated heterocycles. The van der Waals surface area contributed by atoms with Crippen molar-refractivity contribution in [2.45, 2.75) is 6.54 Å². The van der Waals surface area contributed by atoms with Crippen LogP contribution < -0.4 is 5.73 Å². The number of nitrogens with two attached hydrogens (primary N) is 1. The van der Waals surface area contributed by atoms with Crippen LogP contribution in [0.2, 0.25) is 0 Å².